The first-order valence-electron chi connectivity index (χ1n) is 8.13. The number of imidazole rings is 1. The molecule has 3 rings (SSSR count). The number of para-hydroxylation sites is 1. The van der Waals surface area contributed by atoms with Crippen molar-refractivity contribution in [3.63, 3.8) is 0 Å². The molecule has 1 amide bonds. The minimum Gasteiger partial charge on any atom is -0.490 e. The number of amides is 1. The molecule has 2 heterocycles. The zero-order chi connectivity index (χ0) is 17.2. The summed E-state index contributed by atoms with van der Waals surface area (Å²) in [6.45, 7) is 5.11. The number of hydrogen-bond donors (Lipinski definition) is 1. The lowest BCUT2D eigenvalue weighted by atomic mass is 10.1. The molecule has 1 fully saturated rings. The van der Waals surface area contributed by atoms with E-state index in [4.69, 9.17) is 4.74 Å². The molecule has 2 aromatic rings. The molecule has 0 bridgehead atoms. The lowest BCUT2D eigenvalue weighted by molar-refractivity contribution is -0.132. The van der Waals surface area contributed by atoms with Gasteiger partial charge in [-0.3, -0.25) is 4.79 Å². The van der Waals surface area contributed by atoms with E-state index in [9.17, 15) is 9.90 Å². The molecule has 24 heavy (non-hydrogen) atoms. The number of carbonyl (C=O) groups is 1. The number of likely N-dealkylation sites (tertiary alicyclic amines) is 1. The van der Waals surface area contributed by atoms with E-state index in [1.807, 2.05) is 42.7 Å². The number of ether oxygens (including phenoxy) is 1. The molecular formula is C18H23N3O3. The van der Waals surface area contributed by atoms with Crippen LogP contribution >= 0.6 is 0 Å². The summed E-state index contributed by atoms with van der Waals surface area (Å²) in [5, 5.41) is 10.7. The second kappa shape index (κ2) is 6.65. The van der Waals surface area contributed by atoms with Crippen molar-refractivity contribution in [1.82, 2.24) is 14.5 Å². The van der Waals surface area contributed by atoms with Crippen molar-refractivity contribution in [2.24, 2.45) is 0 Å². The first-order chi connectivity index (χ1) is 11.5. The number of nitrogens with zero attached hydrogens (tertiary/aromatic N) is 3. The number of rotatable bonds is 5. The summed E-state index contributed by atoms with van der Waals surface area (Å²) in [6, 6.07) is 7.71. The third kappa shape index (κ3) is 3.59. The number of β-amino-alcohol motifs (C(OH)–C–C–N with tert-alkyl or cyclic N) is 1. The maximum Gasteiger partial charge on any atom is 0.242 e. The van der Waals surface area contributed by atoms with Gasteiger partial charge >= 0.3 is 0 Å². The topological polar surface area (TPSA) is 67.6 Å². The molecule has 0 radical (unpaired) electrons. The molecule has 0 saturated carbocycles. The highest BCUT2D eigenvalue weighted by Gasteiger charge is 2.39. The van der Waals surface area contributed by atoms with Crippen LogP contribution in [0.4, 0.5) is 0 Å². The fourth-order valence-corrected chi connectivity index (χ4v) is 2.93. The highest BCUT2D eigenvalue weighted by atomic mass is 16.5. The Balaban J connectivity index is 1.56. The van der Waals surface area contributed by atoms with E-state index in [0.717, 1.165) is 17.1 Å². The monoisotopic (exact) mass is 329 g/mol. The highest BCUT2D eigenvalue weighted by molar-refractivity contribution is 5.76. The predicted octanol–water partition coefficient (Wildman–Crippen LogP) is 1.54. The summed E-state index contributed by atoms with van der Waals surface area (Å²) in [6.07, 6.45) is 3.99. The fraction of sp³-hybridized carbons (Fsp3) is 0.444. The Morgan fingerprint density at radius 3 is 2.88 bits per heavy atom. The summed E-state index contributed by atoms with van der Waals surface area (Å²) in [4.78, 5) is 18.2. The molecule has 128 valence electrons. The Morgan fingerprint density at radius 1 is 1.38 bits per heavy atom. The lowest BCUT2D eigenvalue weighted by Crippen LogP contribution is -2.41. The third-order valence-corrected chi connectivity index (χ3v) is 4.50. The van der Waals surface area contributed by atoms with Crippen molar-refractivity contribution >= 4 is 5.91 Å². The second-order valence-corrected chi connectivity index (χ2v) is 6.45. The normalized spacial score (nSPS) is 20.4. The van der Waals surface area contributed by atoms with Crippen LogP contribution < -0.4 is 4.74 Å². The Bertz CT molecular complexity index is 728. The van der Waals surface area contributed by atoms with Crippen LogP contribution in [-0.4, -0.2) is 50.8 Å². The van der Waals surface area contributed by atoms with Gasteiger partial charge in [0.25, 0.3) is 0 Å². The van der Waals surface area contributed by atoms with Crippen LogP contribution in [0.1, 0.15) is 17.8 Å². The molecule has 6 heteroatoms. The summed E-state index contributed by atoms with van der Waals surface area (Å²) in [5.41, 5.74) is 0.0321. The lowest BCUT2D eigenvalue weighted by Gasteiger charge is -2.24. The van der Waals surface area contributed by atoms with E-state index < -0.39 is 5.60 Å². The van der Waals surface area contributed by atoms with Crippen LogP contribution in [0.15, 0.2) is 36.7 Å². The van der Waals surface area contributed by atoms with Crippen LogP contribution in [0, 0.1) is 13.8 Å². The Labute approximate surface area is 141 Å². The second-order valence-electron chi connectivity index (χ2n) is 6.45. The SMILES string of the molecule is Cc1ccccc1OC[C@@]1(O)CCN(C(=O)Cn2ccnc2C)C1. The van der Waals surface area contributed by atoms with Crippen LogP contribution in [0.25, 0.3) is 0 Å². The molecule has 1 atom stereocenters. The Morgan fingerprint density at radius 2 is 2.17 bits per heavy atom. The van der Waals surface area contributed by atoms with Gasteiger partial charge in [0.15, 0.2) is 0 Å². The number of carbonyl (C=O) groups excluding carboxylic acids is 1. The molecule has 1 aromatic carbocycles. The first-order valence-corrected chi connectivity index (χ1v) is 8.13. The van der Waals surface area contributed by atoms with Gasteiger partial charge in [-0.15, -0.1) is 0 Å². The van der Waals surface area contributed by atoms with E-state index >= 15 is 0 Å². The van der Waals surface area contributed by atoms with Gasteiger partial charge in [-0.2, -0.15) is 0 Å². The summed E-state index contributed by atoms with van der Waals surface area (Å²) >= 11 is 0. The van der Waals surface area contributed by atoms with Crippen molar-refractivity contribution in [1.29, 1.82) is 0 Å². The van der Waals surface area contributed by atoms with Gasteiger partial charge in [0.05, 0.1) is 6.54 Å². The smallest absolute Gasteiger partial charge is 0.242 e. The Kier molecular flexibility index (Phi) is 4.57. The number of aromatic nitrogens is 2. The average Bonchev–Trinajstić information content (AvgIpc) is 3.14. The molecule has 1 saturated heterocycles. The van der Waals surface area contributed by atoms with Crippen molar-refractivity contribution in [3.8, 4) is 5.75 Å². The van der Waals surface area contributed by atoms with Crippen molar-refractivity contribution in [3.05, 3.63) is 48.0 Å². The van der Waals surface area contributed by atoms with E-state index in [1.54, 1.807) is 17.3 Å². The van der Waals surface area contributed by atoms with Crippen LogP contribution in [0.3, 0.4) is 0 Å². The fourth-order valence-electron chi connectivity index (χ4n) is 2.93. The Hall–Kier alpha value is -2.34. The van der Waals surface area contributed by atoms with Gasteiger partial charge < -0.3 is 19.3 Å². The largest absolute Gasteiger partial charge is 0.490 e. The van der Waals surface area contributed by atoms with Gasteiger partial charge in [0.2, 0.25) is 5.91 Å². The number of aliphatic hydroxyl groups is 1. The molecule has 1 aromatic heterocycles. The van der Waals surface area contributed by atoms with Crippen LogP contribution in [-0.2, 0) is 11.3 Å². The molecule has 0 spiro atoms. The quantitative estimate of drug-likeness (QED) is 0.903. The molecule has 0 aliphatic carbocycles. The minimum absolute atomic E-state index is 0.0112. The van der Waals surface area contributed by atoms with E-state index in [2.05, 4.69) is 4.98 Å². The van der Waals surface area contributed by atoms with Crippen molar-refractivity contribution in [2.75, 3.05) is 19.7 Å². The molecule has 0 unspecified atom stereocenters. The number of hydrogen-bond acceptors (Lipinski definition) is 4. The zero-order valence-electron chi connectivity index (χ0n) is 14.1. The maximum atomic E-state index is 12.4. The summed E-state index contributed by atoms with van der Waals surface area (Å²) < 4.78 is 7.58. The first kappa shape index (κ1) is 16.5. The molecule has 6 nitrogen and oxygen atoms in total. The maximum absolute atomic E-state index is 12.4. The van der Waals surface area contributed by atoms with Crippen LogP contribution in [0.5, 0.6) is 5.75 Å². The summed E-state index contributed by atoms with van der Waals surface area (Å²) in [5.74, 6) is 1.56. The average molecular weight is 329 g/mol. The molecule has 1 aliphatic heterocycles. The number of aryl methyl sites for hydroxylation is 2. The van der Waals surface area contributed by atoms with Crippen molar-refractivity contribution < 1.29 is 14.6 Å². The molecule has 1 aliphatic rings. The van der Waals surface area contributed by atoms with E-state index in [1.165, 1.54) is 0 Å². The predicted molar refractivity (Wildman–Crippen MR) is 89.8 cm³/mol. The van der Waals surface area contributed by atoms with E-state index in [0.29, 0.717) is 19.5 Å². The standard InChI is InChI=1S/C18H23N3O3/c1-14-5-3-4-6-16(14)24-13-18(23)7-9-21(12-18)17(22)11-20-10-8-19-15(20)2/h3-6,8,10,23H,7,9,11-13H2,1-2H3/t18-/m1/s1. The van der Waals surface area contributed by atoms with Gasteiger partial charge in [0.1, 0.15) is 30.3 Å². The van der Waals surface area contributed by atoms with Crippen LogP contribution in [0.2, 0.25) is 0 Å². The number of benzene rings is 1. The third-order valence-electron chi connectivity index (χ3n) is 4.50. The van der Waals surface area contributed by atoms with Gasteiger partial charge in [-0.05, 0) is 31.9 Å². The van der Waals surface area contributed by atoms with Gasteiger partial charge in [0, 0.05) is 18.9 Å². The summed E-state index contributed by atoms with van der Waals surface area (Å²) in [7, 11) is 0. The molecule has 1 N–H and O–H groups in total. The highest BCUT2D eigenvalue weighted by Crippen LogP contribution is 2.24. The van der Waals surface area contributed by atoms with E-state index in [-0.39, 0.29) is 19.1 Å². The van der Waals surface area contributed by atoms with Gasteiger partial charge in [-0.25, -0.2) is 4.98 Å². The zero-order valence-corrected chi connectivity index (χ0v) is 14.1. The minimum atomic E-state index is -0.998. The van der Waals surface area contributed by atoms with Crippen molar-refractivity contribution in [2.45, 2.75) is 32.4 Å². The van der Waals surface area contributed by atoms with Gasteiger partial charge in [-0.1, -0.05) is 18.2 Å². The molecular weight excluding hydrogens is 306 g/mol.